The molecule has 100 valence electrons. The van der Waals surface area contributed by atoms with Crippen LogP contribution in [0, 0.1) is 0 Å². The fourth-order valence-electron chi connectivity index (χ4n) is 3.20. The normalized spacial score (nSPS) is 28.3. The molecule has 1 N–H and O–H groups in total. The van der Waals surface area contributed by atoms with Crippen molar-refractivity contribution in [2.45, 2.75) is 39.2 Å². The number of amides is 1. The molecule has 0 radical (unpaired) electrons. The van der Waals surface area contributed by atoms with Crippen LogP contribution in [0.1, 0.15) is 33.3 Å². The fourth-order valence-corrected chi connectivity index (χ4v) is 3.20. The van der Waals surface area contributed by atoms with Gasteiger partial charge in [0.2, 0.25) is 0 Å². The van der Waals surface area contributed by atoms with Gasteiger partial charge in [-0.1, -0.05) is 18.2 Å². The second kappa shape index (κ2) is 4.81. The van der Waals surface area contributed by atoms with E-state index in [1.54, 1.807) is 0 Å². The van der Waals surface area contributed by atoms with Crippen LogP contribution in [-0.4, -0.2) is 23.8 Å². The van der Waals surface area contributed by atoms with Crippen LogP contribution in [0.15, 0.2) is 24.3 Å². The van der Waals surface area contributed by atoms with E-state index >= 15 is 0 Å². The molecule has 0 aliphatic carbocycles. The summed E-state index contributed by atoms with van der Waals surface area (Å²) in [5.74, 6) is 0. The van der Waals surface area contributed by atoms with Gasteiger partial charge in [-0.2, -0.15) is 9.28 Å². The highest BCUT2D eigenvalue weighted by molar-refractivity contribution is 5.85. The van der Waals surface area contributed by atoms with E-state index in [1.807, 2.05) is 32.0 Å². The highest BCUT2D eigenvalue weighted by atomic mass is 127. The molecular weight excluding hydrogens is 341 g/mol. The topological polar surface area (TPSA) is 37.3 Å². The van der Waals surface area contributed by atoms with Crippen LogP contribution in [0.3, 0.4) is 0 Å². The number of hydrogen-bond donors (Lipinski definition) is 1. The molecule has 0 saturated carbocycles. The number of quaternary nitrogens is 1. The smallest absolute Gasteiger partial charge is 0.519 e. The molecule has 4 heteroatoms. The van der Waals surface area contributed by atoms with Crippen LogP contribution in [0.25, 0.3) is 0 Å². The minimum Gasteiger partial charge on any atom is -1.00 e. The average molecular weight is 361 g/mol. The SMILES string of the molecule is CC[N+]1(C(=O)O)c2ccccc2C(C)(C)C1C.[I-]. The Morgan fingerprint density at radius 3 is 2.44 bits per heavy atom. The van der Waals surface area contributed by atoms with E-state index in [2.05, 4.69) is 19.9 Å². The molecule has 0 bridgehead atoms. The predicted molar refractivity (Wildman–Crippen MR) is 69.3 cm³/mol. The second-order valence-corrected chi connectivity index (χ2v) is 5.38. The van der Waals surface area contributed by atoms with Crippen molar-refractivity contribution < 1.29 is 33.9 Å². The summed E-state index contributed by atoms with van der Waals surface area (Å²) >= 11 is 0. The Labute approximate surface area is 125 Å². The maximum atomic E-state index is 11.8. The molecule has 1 heterocycles. The molecule has 1 aliphatic heterocycles. The summed E-state index contributed by atoms with van der Waals surface area (Å²) in [5, 5.41) is 9.69. The van der Waals surface area contributed by atoms with Gasteiger partial charge in [0, 0.05) is 17.0 Å². The number of hydrogen-bond acceptors (Lipinski definition) is 1. The highest BCUT2D eigenvalue weighted by Gasteiger charge is 2.58. The summed E-state index contributed by atoms with van der Waals surface area (Å²) in [6.45, 7) is 8.83. The predicted octanol–water partition coefficient (Wildman–Crippen LogP) is 0.376. The number of nitrogens with zero attached hydrogens (tertiary/aromatic N) is 1. The quantitative estimate of drug-likeness (QED) is 0.580. The van der Waals surface area contributed by atoms with Gasteiger partial charge in [0.1, 0.15) is 11.7 Å². The molecule has 2 rings (SSSR count). The van der Waals surface area contributed by atoms with Crippen molar-refractivity contribution in [2.75, 3.05) is 6.54 Å². The number of para-hydroxylation sites is 1. The number of halogens is 1. The van der Waals surface area contributed by atoms with E-state index < -0.39 is 6.09 Å². The van der Waals surface area contributed by atoms with E-state index in [0.29, 0.717) is 6.54 Å². The lowest BCUT2D eigenvalue weighted by atomic mass is 9.81. The van der Waals surface area contributed by atoms with Gasteiger partial charge in [0.05, 0.1) is 6.54 Å². The second-order valence-electron chi connectivity index (χ2n) is 5.38. The maximum Gasteiger partial charge on any atom is 0.519 e. The number of benzene rings is 1. The van der Waals surface area contributed by atoms with Crippen LogP contribution < -0.4 is 28.5 Å². The molecule has 1 aliphatic rings. The Morgan fingerprint density at radius 1 is 1.39 bits per heavy atom. The Morgan fingerprint density at radius 2 is 1.94 bits per heavy atom. The van der Waals surface area contributed by atoms with Gasteiger partial charge in [0.25, 0.3) is 0 Å². The lowest BCUT2D eigenvalue weighted by Gasteiger charge is -2.35. The number of likely N-dealkylation sites (N-methyl/N-ethyl adjacent to an activating group) is 1. The maximum absolute atomic E-state index is 11.8. The first-order valence-corrected chi connectivity index (χ1v) is 6.10. The third kappa shape index (κ3) is 1.69. The molecule has 1 aromatic rings. The lowest BCUT2D eigenvalue weighted by Crippen LogP contribution is -3.00. The minimum absolute atomic E-state index is 0. The van der Waals surface area contributed by atoms with E-state index in [4.69, 9.17) is 0 Å². The third-order valence-electron chi connectivity index (χ3n) is 4.57. The summed E-state index contributed by atoms with van der Waals surface area (Å²) in [4.78, 5) is 11.8. The molecule has 3 nitrogen and oxygen atoms in total. The van der Waals surface area contributed by atoms with Crippen molar-refractivity contribution in [3.8, 4) is 0 Å². The zero-order valence-corrected chi connectivity index (χ0v) is 13.4. The van der Waals surface area contributed by atoms with Gasteiger partial charge < -0.3 is 29.1 Å². The van der Waals surface area contributed by atoms with Crippen LogP contribution in [-0.2, 0) is 5.41 Å². The monoisotopic (exact) mass is 361 g/mol. The fraction of sp³-hybridized carbons (Fsp3) is 0.500. The van der Waals surface area contributed by atoms with E-state index in [1.165, 1.54) is 0 Å². The van der Waals surface area contributed by atoms with Crippen molar-refractivity contribution in [1.82, 2.24) is 4.48 Å². The Bertz CT molecular complexity index is 473. The molecule has 0 fully saturated rings. The molecule has 0 saturated heterocycles. The minimum atomic E-state index is -0.752. The van der Waals surface area contributed by atoms with Crippen molar-refractivity contribution in [1.29, 1.82) is 0 Å². The molecule has 0 spiro atoms. The van der Waals surface area contributed by atoms with Crippen molar-refractivity contribution >= 4 is 11.8 Å². The first kappa shape index (κ1) is 15.4. The number of carboxylic acid groups (broad SMARTS) is 1. The number of carbonyl (C=O) groups is 1. The zero-order valence-electron chi connectivity index (χ0n) is 11.3. The van der Waals surface area contributed by atoms with E-state index in [-0.39, 0.29) is 39.9 Å². The van der Waals surface area contributed by atoms with Crippen molar-refractivity contribution in [3.63, 3.8) is 0 Å². The third-order valence-corrected chi connectivity index (χ3v) is 4.57. The molecule has 0 aromatic heterocycles. The average Bonchev–Trinajstić information content (AvgIpc) is 2.47. The van der Waals surface area contributed by atoms with Gasteiger partial charge in [-0.3, -0.25) is 0 Å². The summed E-state index contributed by atoms with van der Waals surface area (Å²) in [6.07, 6.45) is -0.752. The summed E-state index contributed by atoms with van der Waals surface area (Å²) in [5.41, 5.74) is 2.00. The molecule has 2 unspecified atom stereocenters. The zero-order chi connectivity index (χ0) is 12.8. The summed E-state index contributed by atoms with van der Waals surface area (Å²) in [6, 6.07) is 7.98. The Balaban J connectivity index is 0.00000162. The summed E-state index contributed by atoms with van der Waals surface area (Å²) in [7, 11) is 0. The molecule has 18 heavy (non-hydrogen) atoms. The molecule has 1 amide bonds. The van der Waals surface area contributed by atoms with Gasteiger partial charge >= 0.3 is 6.09 Å². The van der Waals surface area contributed by atoms with Gasteiger partial charge in [0.15, 0.2) is 0 Å². The van der Waals surface area contributed by atoms with E-state index in [0.717, 1.165) is 11.3 Å². The Kier molecular flexibility index (Phi) is 4.13. The van der Waals surface area contributed by atoms with Crippen LogP contribution >= 0.6 is 0 Å². The first-order chi connectivity index (χ1) is 7.89. The Hall–Kier alpha value is -0.620. The first-order valence-electron chi connectivity index (χ1n) is 6.10. The lowest BCUT2D eigenvalue weighted by molar-refractivity contribution is -0.0000107. The van der Waals surface area contributed by atoms with Crippen LogP contribution in [0.5, 0.6) is 0 Å². The van der Waals surface area contributed by atoms with Gasteiger partial charge in [-0.15, -0.1) is 0 Å². The number of fused-ring (bicyclic) bond motifs is 1. The molecule has 2 atom stereocenters. The van der Waals surface area contributed by atoms with Gasteiger partial charge in [-0.05, 0) is 27.7 Å². The van der Waals surface area contributed by atoms with Crippen molar-refractivity contribution in [3.05, 3.63) is 29.8 Å². The largest absolute Gasteiger partial charge is 1.00 e. The molecule has 1 aromatic carbocycles. The van der Waals surface area contributed by atoms with Crippen molar-refractivity contribution in [2.24, 2.45) is 0 Å². The standard InChI is InChI=1S/C14H19NO2.HI/c1-5-15(13(16)17)10(2)14(3,4)11-8-6-7-9-12(11)15;/h6-10H,5H2,1-4H3;1H. The van der Waals surface area contributed by atoms with Crippen LogP contribution in [0.2, 0.25) is 0 Å². The highest BCUT2D eigenvalue weighted by Crippen LogP contribution is 2.49. The van der Waals surface area contributed by atoms with Gasteiger partial charge in [-0.25, -0.2) is 0 Å². The van der Waals surface area contributed by atoms with Crippen LogP contribution in [0.4, 0.5) is 10.5 Å². The summed E-state index contributed by atoms with van der Waals surface area (Å²) < 4.78 is 0.0448. The van der Waals surface area contributed by atoms with E-state index in [9.17, 15) is 9.90 Å². The number of rotatable bonds is 1. The molecular formula is C14H20INO2.